The Hall–Kier alpha value is -3.00. The first-order valence-corrected chi connectivity index (χ1v) is 9.10. The number of amidine groups is 1. The van der Waals surface area contributed by atoms with Crippen molar-refractivity contribution >= 4 is 11.5 Å². The van der Waals surface area contributed by atoms with Gasteiger partial charge >= 0.3 is 0 Å². The summed E-state index contributed by atoms with van der Waals surface area (Å²) in [7, 11) is 0. The van der Waals surface area contributed by atoms with E-state index in [1.165, 1.54) is 16.7 Å². The quantitative estimate of drug-likeness (QED) is 0.591. The summed E-state index contributed by atoms with van der Waals surface area (Å²) in [4.78, 5) is 9.77. The highest BCUT2D eigenvalue weighted by Crippen LogP contribution is 2.26. The fourth-order valence-corrected chi connectivity index (χ4v) is 3.32. The Morgan fingerprint density at radius 1 is 0.615 bits per heavy atom. The first-order valence-electron chi connectivity index (χ1n) is 9.10. The van der Waals surface area contributed by atoms with E-state index in [9.17, 15) is 0 Å². The zero-order valence-electron chi connectivity index (χ0n) is 15.1. The molecule has 3 aromatic carbocycles. The third kappa shape index (κ3) is 3.23. The number of benzene rings is 3. The average molecular weight is 338 g/mol. The maximum Gasteiger partial charge on any atom is 0.155 e. The van der Waals surface area contributed by atoms with Gasteiger partial charge in [-0.3, -0.25) is 4.99 Å². The van der Waals surface area contributed by atoms with Gasteiger partial charge in [0.1, 0.15) is 0 Å². The van der Waals surface area contributed by atoms with Gasteiger partial charge in [0, 0.05) is 11.5 Å². The minimum Gasteiger partial charge on any atom is -0.262 e. The number of hydrogen-bond donors (Lipinski definition) is 0. The average Bonchev–Trinajstić information content (AvgIpc) is 2.71. The highest BCUT2D eigenvalue weighted by atomic mass is 15.0. The number of nitrogens with zero attached hydrogens (tertiary/aromatic N) is 2. The van der Waals surface area contributed by atoms with Gasteiger partial charge in [-0.05, 0) is 29.7 Å². The Bertz CT molecular complexity index is 956. The summed E-state index contributed by atoms with van der Waals surface area (Å²) < 4.78 is 0. The van der Waals surface area contributed by atoms with Crippen LogP contribution in [0.25, 0.3) is 11.1 Å². The van der Waals surface area contributed by atoms with Gasteiger partial charge in [-0.2, -0.15) is 0 Å². The first kappa shape index (κ1) is 16.5. The van der Waals surface area contributed by atoms with E-state index in [4.69, 9.17) is 9.98 Å². The van der Waals surface area contributed by atoms with E-state index in [1.807, 2.05) is 24.3 Å². The van der Waals surface area contributed by atoms with Crippen molar-refractivity contribution < 1.29 is 0 Å². The lowest BCUT2D eigenvalue weighted by molar-refractivity contribution is 0.607. The normalized spacial score (nSPS) is 19.6. The van der Waals surface area contributed by atoms with E-state index in [0.717, 1.165) is 17.1 Å². The highest BCUT2D eigenvalue weighted by molar-refractivity contribution is 6.15. The van der Waals surface area contributed by atoms with Crippen LogP contribution >= 0.6 is 0 Å². The minimum atomic E-state index is 0.207. The second-order valence-corrected chi connectivity index (χ2v) is 6.79. The van der Waals surface area contributed by atoms with Crippen molar-refractivity contribution in [2.24, 2.45) is 15.9 Å². The van der Waals surface area contributed by atoms with Crippen molar-refractivity contribution in [1.82, 2.24) is 0 Å². The molecule has 0 saturated carbocycles. The molecule has 0 aliphatic carbocycles. The number of rotatable bonds is 3. The van der Waals surface area contributed by atoms with Crippen molar-refractivity contribution in [3.63, 3.8) is 0 Å². The molecule has 2 atom stereocenters. The second-order valence-electron chi connectivity index (χ2n) is 6.79. The van der Waals surface area contributed by atoms with Gasteiger partial charge in [0.15, 0.2) is 5.84 Å². The lowest BCUT2D eigenvalue weighted by Gasteiger charge is -2.25. The van der Waals surface area contributed by atoms with Gasteiger partial charge in [-0.15, -0.1) is 0 Å². The van der Waals surface area contributed by atoms with Gasteiger partial charge in [0.25, 0.3) is 0 Å². The summed E-state index contributed by atoms with van der Waals surface area (Å²) >= 11 is 0. The maximum absolute atomic E-state index is 4.96. The zero-order chi connectivity index (χ0) is 17.9. The summed E-state index contributed by atoms with van der Waals surface area (Å²) in [6.07, 6.45) is 0. The van der Waals surface area contributed by atoms with Crippen LogP contribution < -0.4 is 0 Å². The number of hydrogen-bond acceptors (Lipinski definition) is 2. The molecule has 2 heteroatoms. The lowest BCUT2D eigenvalue weighted by Crippen LogP contribution is -2.29. The maximum atomic E-state index is 4.96. The minimum absolute atomic E-state index is 0.207. The van der Waals surface area contributed by atoms with Crippen molar-refractivity contribution in [2.75, 3.05) is 0 Å². The van der Waals surface area contributed by atoms with Crippen LogP contribution in [0.2, 0.25) is 0 Å². The van der Waals surface area contributed by atoms with Crippen molar-refractivity contribution in [1.29, 1.82) is 0 Å². The Kier molecular flexibility index (Phi) is 4.49. The third-order valence-corrected chi connectivity index (χ3v) is 5.00. The summed E-state index contributed by atoms with van der Waals surface area (Å²) in [5, 5.41) is 0. The molecule has 0 spiro atoms. The molecule has 0 radical (unpaired) electrons. The first-order chi connectivity index (χ1) is 12.7. The third-order valence-electron chi connectivity index (χ3n) is 5.00. The molecular formula is C24H22N2. The predicted molar refractivity (Wildman–Crippen MR) is 110 cm³/mol. The largest absolute Gasteiger partial charge is 0.262 e. The molecule has 0 fully saturated rings. The van der Waals surface area contributed by atoms with Crippen LogP contribution in [0.4, 0.5) is 0 Å². The van der Waals surface area contributed by atoms with Gasteiger partial charge < -0.3 is 0 Å². The molecule has 0 N–H and O–H groups in total. The predicted octanol–water partition coefficient (Wildman–Crippen LogP) is 5.63. The molecule has 4 rings (SSSR count). The molecule has 128 valence electrons. The Balaban J connectivity index is 1.76. The van der Waals surface area contributed by atoms with Crippen LogP contribution in [-0.2, 0) is 0 Å². The molecule has 1 aliphatic rings. The SMILES string of the molecule is CC1N=C(c2ccccc2)N=C(c2cccc(-c3ccccc3)c2)C1C. The monoisotopic (exact) mass is 338 g/mol. The fraction of sp³-hybridized carbons (Fsp3) is 0.167. The molecule has 0 bridgehead atoms. The number of aliphatic imine (C=N–C) groups is 2. The lowest BCUT2D eigenvalue weighted by atomic mass is 9.89. The van der Waals surface area contributed by atoms with Crippen LogP contribution in [0, 0.1) is 5.92 Å². The van der Waals surface area contributed by atoms with E-state index in [2.05, 4.69) is 74.5 Å². The van der Waals surface area contributed by atoms with Gasteiger partial charge in [-0.25, -0.2) is 4.99 Å². The molecule has 1 heterocycles. The van der Waals surface area contributed by atoms with Crippen molar-refractivity contribution in [3.05, 3.63) is 96.1 Å². The molecule has 2 unspecified atom stereocenters. The zero-order valence-corrected chi connectivity index (χ0v) is 15.1. The van der Waals surface area contributed by atoms with Gasteiger partial charge in [0.05, 0.1) is 11.8 Å². The van der Waals surface area contributed by atoms with Crippen LogP contribution in [0.5, 0.6) is 0 Å². The Morgan fingerprint density at radius 2 is 1.19 bits per heavy atom. The van der Waals surface area contributed by atoms with E-state index in [1.54, 1.807) is 0 Å². The van der Waals surface area contributed by atoms with Crippen LogP contribution in [0.15, 0.2) is 94.9 Å². The van der Waals surface area contributed by atoms with Gasteiger partial charge in [-0.1, -0.05) is 85.8 Å². The summed E-state index contributed by atoms with van der Waals surface area (Å²) in [5.74, 6) is 1.12. The van der Waals surface area contributed by atoms with E-state index >= 15 is 0 Å². The van der Waals surface area contributed by atoms with Crippen LogP contribution in [-0.4, -0.2) is 17.6 Å². The van der Waals surface area contributed by atoms with E-state index < -0.39 is 0 Å². The van der Waals surface area contributed by atoms with Crippen LogP contribution in [0.1, 0.15) is 25.0 Å². The molecule has 3 aromatic rings. The molecular weight excluding hydrogens is 316 g/mol. The Labute approximate surface area is 155 Å². The fourth-order valence-electron chi connectivity index (χ4n) is 3.32. The highest BCUT2D eigenvalue weighted by Gasteiger charge is 2.25. The Morgan fingerprint density at radius 3 is 1.88 bits per heavy atom. The molecule has 1 aliphatic heterocycles. The molecule has 0 aromatic heterocycles. The van der Waals surface area contributed by atoms with Crippen molar-refractivity contribution in [2.45, 2.75) is 19.9 Å². The van der Waals surface area contributed by atoms with Gasteiger partial charge in [0.2, 0.25) is 0 Å². The van der Waals surface area contributed by atoms with Crippen LogP contribution in [0.3, 0.4) is 0 Å². The summed E-state index contributed by atoms with van der Waals surface area (Å²) in [6, 6.07) is 29.6. The van der Waals surface area contributed by atoms with E-state index in [-0.39, 0.29) is 12.0 Å². The summed E-state index contributed by atoms with van der Waals surface area (Å²) in [6.45, 7) is 4.38. The smallest absolute Gasteiger partial charge is 0.155 e. The van der Waals surface area contributed by atoms with Crippen molar-refractivity contribution in [3.8, 4) is 11.1 Å². The molecule has 26 heavy (non-hydrogen) atoms. The standard InChI is InChI=1S/C24H22N2/c1-17-18(2)25-24(20-12-7-4-8-13-20)26-23(17)22-15-9-14-21(16-22)19-10-5-3-6-11-19/h3-18H,1-2H3. The molecule has 2 nitrogen and oxygen atoms in total. The second kappa shape index (κ2) is 7.09. The van der Waals surface area contributed by atoms with E-state index in [0.29, 0.717) is 0 Å². The molecule has 0 saturated heterocycles. The summed E-state index contributed by atoms with van der Waals surface area (Å²) in [5.41, 5.74) is 5.80. The molecule has 0 amide bonds. The topological polar surface area (TPSA) is 24.7 Å².